The Morgan fingerprint density at radius 2 is 1.85 bits per heavy atom. The summed E-state index contributed by atoms with van der Waals surface area (Å²) in [6.07, 6.45) is 2.06. The molecule has 0 fully saturated rings. The first kappa shape index (κ1) is 15.4. The van der Waals surface area contributed by atoms with Gasteiger partial charge in [0.25, 0.3) is 0 Å². The molecule has 0 atom stereocenters. The van der Waals surface area contributed by atoms with Gasteiger partial charge in [0.1, 0.15) is 10.2 Å². The van der Waals surface area contributed by atoms with E-state index in [0.29, 0.717) is 4.90 Å². The average Bonchev–Trinajstić information content (AvgIpc) is 2.39. The summed E-state index contributed by atoms with van der Waals surface area (Å²) in [6, 6.07) is 10.9. The predicted octanol–water partition coefficient (Wildman–Crippen LogP) is 1.01. The standard InChI is InChI=1S/C14H15ClO4S/c1-2-3-10-20-14-12-7-5-4-6-11(12)8-9-13(14)19-15(16,17)18/h4-9H,2-3,10H2,1H3. The molecule has 0 saturated heterocycles. The van der Waals surface area contributed by atoms with Crippen molar-refractivity contribution in [1.82, 2.24) is 0 Å². The van der Waals surface area contributed by atoms with Gasteiger partial charge in [-0.05, 0) is 35.1 Å². The molecule has 0 saturated carbocycles. The van der Waals surface area contributed by atoms with Crippen LogP contribution in [0.2, 0.25) is 0 Å². The maximum Gasteiger partial charge on any atom is 0.302 e. The monoisotopic (exact) mass is 314 g/mol. The lowest BCUT2D eigenvalue weighted by atomic mass is 10.1. The van der Waals surface area contributed by atoms with Crippen molar-refractivity contribution >= 4 is 22.5 Å². The first-order chi connectivity index (χ1) is 9.51. The number of unbranched alkanes of at least 4 members (excludes halogenated alkanes) is 1. The van der Waals surface area contributed by atoms with Gasteiger partial charge in [-0.1, -0.05) is 41.9 Å². The van der Waals surface area contributed by atoms with Crippen LogP contribution < -0.4 is 18.3 Å². The van der Waals surface area contributed by atoms with Gasteiger partial charge in [-0.2, -0.15) is 14.0 Å². The van der Waals surface area contributed by atoms with Gasteiger partial charge < -0.3 is 0 Å². The van der Waals surface area contributed by atoms with Crippen LogP contribution in [-0.4, -0.2) is 5.75 Å². The molecule has 0 heterocycles. The van der Waals surface area contributed by atoms with E-state index in [0.717, 1.165) is 29.4 Å². The molecular weight excluding hydrogens is 300 g/mol. The van der Waals surface area contributed by atoms with Crippen LogP contribution in [0.1, 0.15) is 19.8 Å². The number of rotatable bonds is 6. The van der Waals surface area contributed by atoms with Crippen LogP contribution >= 0.6 is 11.8 Å². The second kappa shape index (κ2) is 6.65. The van der Waals surface area contributed by atoms with Crippen molar-refractivity contribution in [3.05, 3.63) is 36.4 Å². The lowest BCUT2D eigenvalue weighted by molar-refractivity contribution is -1.91. The molecule has 6 heteroatoms. The SMILES string of the molecule is CCCCSc1c(O[Cl+3]([O-])([O-])[O-])ccc2ccccc12. The summed E-state index contributed by atoms with van der Waals surface area (Å²) in [6.45, 7) is 2.09. The molecule has 0 unspecified atom stereocenters. The van der Waals surface area contributed by atoms with Crippen LogP contribution in [0.15, 0.2) is 41.3 Å². The van der Waals surface area contributed by atoms with E-state index in [1.165, 1.54) is 17.8 Å². The molecule has 2 aromatic carbocycles. The number of thioether (sulfide) groups is 1. The molecule has 0 aliphatic carbocycles. The molecule has 4 nitrogen and oxygen atoms in total. The summed E-state index contributed by atoms with van der Waals surface area (Å²) in [5, 5.41) is 1.88. The van der Waals surface area contributed by atoms with E-state index in [4.69, 9.17) is 0 Å². The molecule has 108 valence electrons. The maximum absolute atomic E-state index is 10.8. The summed E-state index contributed by atoms with van der Waals surface area (Å²) >= 11 is 1.51. The van der Waals surface area contributed by atoms with Crippen molar-refractivity contribution in [1.29, 1.82) is 0 Å². The third-order valence-corrected chi connectivity index (χ3v) is 4.32. The Labute approximate surface area is 124 Å². The zero-order chi connectivity index (χ0) is 14.6. The number of benzene rings is 2. The van der Waals surface area contributed by atoms with Crippen molar-refractivity contribution in [2.24, 2.45) is 0 Å². The summed E-state index contributed by atoms with van der Waals surface area (Å²) in [4.78, 5) is 0.698. The van der Waals surface area contributed by atoms with Crippen molar-refractivity contribution < 1.29 is 28.5 Å². The van der Waals surface area contributed by atoms with E-state index in [1.54, 1.807) is 6.07 Å². The summed E-state index contributed by atoms with van der Waals surface area (Å²) in [5.74, 6) is 0.942. The zero-order valence-electron chi connectivity index (χ0n) is 11.0. The fourth-order valence-corrected chi connectivity index (χ4v) is 3.46. The largest absolute Gasteiger partial charge is 0.302 e. The van der Waals surface area contributed by atoms with Crippen LogP contribution in [0.4, 0.5) is 0 Å². The lowest BCUT2D eigenvalue weighted by Crippen LogP contribution is -2.63. The second-order valence-corrected chi connectivity index (χ2v) is 6.29. The quantitative estimate of drug-likeness (QED) is 0.587. The van der Waals surface area contributed by atoms with Crippen molar-refractivity contribution in [2.75, 3.05) is 5.75 Å². The molecule has 0 radical (unpaired) electrons. The van der Waals surface area contributed by atoms with E-state index < -0.39 is 10.2 Å². The van der Waals surface area contributed by atoms with E-state index in [9.17, 15) is 14.0 Å². The van der Waals surface area contributed by atoms with Crippen LogP contribution in [0.5, 0.6) is 5.75 Å². The number of fused-ring (bicyclic) bond motifs is 1. The molecule has 0 aliphatic heterocycles. The number of hydrogen-bond acceptors (Lipinski definition) is 5. The van der Waals surface area contributed by atoms with Gasteiger partial charge in [0.2, 0.25) is 0 Å². The highest BCUT2D eigenvalue weighted by atomic mass is 35.7. The normalized spacial score (nSPS) is 11.8. The van der Waals surface area contributed by atoms with E-state index in [1.807, 2.05) is 24.3 Å². The van der Waals surface area contributed by atoms with Crippen LogP contribution in [-0.2, 0) is 0 Å². The first-order valence-electron chi connectivity index (χ1n) is 6.26. The van der Waals surface area contributed by atoms with Gasteiger partial charge >= 0.3 is 5.75 Å². The minimum atomic E-state index is -4.48. The van der Waals surface area contributed by atoms with Crippen molar-refractivity contribution in [2.45, 2.75) is 24.7 Å². The van der Waals surface area contributed by atoms with Crippen LogP contribution in [0.25, 0.3) is 10.8 Å². The Kier molecular flexibility index (Phi) is 5.12. The van der Waals surface area contributed by atoms with Crippen molar-refractivity contribution in [3.63, 3.8) is 0 Å². The number of hydrogen-bond donors (Lipinski definition) is 0. The molecule has 2 aromatic rings. The van der Waals surface area contributed by atoms with Gasteiger partial charge in [0.05, 0.1) is 4.90 Å². The molecule has 0 spiro atoms. The van der Waals surface area contributed by atoms with Gasteiger partial charge in [-0.25, -0.2) is 0 Å². The maximum atomic E-state index is 10.8. The first-order valence-corrected chi connectivity index (χ1v) is 8.48. The van der Waals surface area contributed by atoms with E-state index in [-0.39, 0.29) is 5.75 Å². The van der Waals surface area contributed by atoms with Crippen molar-refractivity contribution in [3.8, 4) is 5.75 Å². The Balaban J connectivity index is 2.41. The minimum Gasteiger partial charge on any atom is -0.167 e. The highest BCUT2D eigenvalue weighted by Gasteiger charge is 2.24. The summed E-state index contributed by atoms with van der Waals surface area (Å²) in [5.41, 5.74) is 0. The Bertz CT molecular complexity index is 583. The predicted molar refractivity (Wildman–Crippen MR) is 70.2 cm³/mol. The molecule has 2 rings (SSSR count). The number of halogens is 1. The Morgan fingerprint density at radius 1 is 1.10 bits per heavy atom. The average molecular weight is 315 g/mol. The van der Waals surface area contributed by atoms with Gasteiger partial charge in [0.15, 0.2) is 0 Å². The summed E-state index contributed by atoms with van der Waals surface area (Å²) < 4.78 is 37.0. The molecule has 0 amide bonds. The smallest absolute Gasteiger partial charge is 0.167 e. The van der Waals surface area contributed by atoms with Gasteiger partial charge in [0, 0.05) is 0 Å². The lowest BCUT2D eigenvalue weighted by Gasteiger charge is -2.15. The minimum absolute atomic E-state index is 0.0986. The fourth-order valence-electron chi connectivity index (χ4n) is 1.85. The van der Waals surface area contributed by atoms with Crippen LogP contribution in [0, 0.1) is 10.2 Å². The fraction of sp³-hybridized carbons (Fsp3) is 0.286. The zero-order valence-corrected chi connectivity index (χ0v) is 12.6. The third kappa shape index (κ3) is 4.01. The second-order valence-electron chi connectivity index (χ2n) is 4.27. The highest BCUT2D eigenvalue weighted by Crippen LogP contribution is 2.37. The van der Waals surface area contributed by atoms with Gasteiger partial charge in [-0.15, -0.1) is 11.8 Å². The Hall–Kier alpha value is -0.980. The molecule has 0 aliphatic rings. The highest BCUT2D eigenvalue weighted by molar-refractivity contribution is 7.99. The van der Waals surface area contributed by atoms with Crippen LogP contribution in [0.3, 0.4) is 0 Å². The molecule has 0 aromatic heterocycles. The van der Waals surface area contributed by atoms with Gasteiger partial charge in [-0.3, -0.25) is 0 Å². The van der Waals surface area contributed by atoms with E-state index in [2.05, 4.69) is 11.2 Å². The molecule has 0 bridgehead atoms. The molecular formula is C14H15ClO4S. The topological polar surface area (TPSA) is 78.4 Å². The van der Waals surface area contributed by atoms with E-state index >= 15 is 0 Å². The molecule has 0 N–H and O–H groups in total. The Morgan fingerprint density at radius 3 is 2.55 bits per heavy atom. The third-order valence-electron chi connectivity index (χ3n) is 2.77. The molecule has 20 heavy (non-hydrogen) atoms. The summed E-state index contributed by atoms with van der Waals surface area (Å²) in [7, 11) is -4.48.